The molecule has 0 saturated heterocycles. The molecule has 12 nitrogen and oxygen atoms in total. The largest absolute Gasteiger partial charge is 0.383 e. The quantitative estimate of drug-likeness (QED) is 0.0437. The molecule has 0 aliphatic carbocycles. The minimum atomic E-state index is -1.05. The minimum Gasteiger partial charge on any atom is -0.383 e. The fourth-order valence-electron chi connectivity index (χ4n) is 9.76. The molecule has 0 amide bonds. The Morgan fingerprint density at radius 2 is 0.679 bits per heavy atom. The number of hydrogen-bond donors (Lipinski definition) is 4. The van der Waals surface area contributed by atoms with Gasteiger partial charge in [-0.15, -0.1) is 0 Å². The van der Waals surface area contributed by atoms with E-state index >= 15 is 0 Å². The average molecular weight is 1270 g/mol. The van der Waals surface area contributed by atoms with Crippen LogP contribution in [0.25, 0.3) is 0 Å². The van der Waals surface area contributed by atoms with Crippen LogP contribution in [0.3, 0.4) is 0 Å². The van der Waals surface area contributed by atoms with Crippen LogP contribution in [0.4, 0.5) is 0 Å². The van der Waals surface area contributed by atoms with Crippen molar-refractivity contribution in [3.63, 3.8) is 0 Å². The monoisotopic (exact) mass is 1260 g/mol. The molecule has 8 aromatic rings. The van der Waals surface area contributed by atoms with Gasteiger partial charge in [0, 0.05) is 112 Å². The molecule has 0 aliphatic heterocycles. The van der Waals surface area contributed by atoms with Crippen molar-refractivity contribution in [3.05, 3.63) is 210 Å². The summed E-state index contributed by atoms with van der Waals surface area (Å²) in [5.41, 5.74) is -1.25. The number of nitrogens with zero attached hydrogens (tertiary/aromatic N) is 8. The molecule has 20 heteroatoms. The van der Waals surface area contributed by atoms with Gasteiger partial charge < -0.3 is 38.7 Å². The SMILES string of the molecule is CC(C)CC(O)(Cn1ccnc1)c1ccc(Cl)cc1Cl.CCCC(O)(Cn1ccnc1)c1ccc(Cl)cc1Cl.CCCCC(O)(Cn1ccnc1)c1ccc(Cl)cc1Cl.CCCCCCC(O)(Cn1ccnc1)c1ccc(Cl)cc1Cl. The first kappa shape index (κ1) is 67.7. The third kappa shape index (κ3) is 20.9. The van der Waals surface area contributed by atoms with Crippen LogP contribution < -0.4 is 0 Å². The standard InChI is InChI=1S/C17H22Cl2N2O.2C15H18Cl2N2O.C14H16Cl2N2O/c1-2-3-4-5-8-17(22,12-21-10-9-20-13-21)15-7-6-14(18)11-16(15)19;1-11(2)8-15(20,9-19-6-5-18-10-19)13-4-3-12(16)7-14(13)17;1-2-3-6-15(20,10-19-8-7-18-11-19)13-5-4-12(16)9-14(13)17;1-2-5-14(19,9-18-7-6-17-10-18)12-4-3-11(15)8-13(12)16/h6-7,9-11,13,22H,2-5,8,12H2,1H3;3-7,10-11,20H,8-9H2,1-2H3;4-5,7-9,11,20H,2-3,6,10H2,1H3;3-4,6-8,10,19H,2,5,9H2,1H3. The zero-order valence-corrected chi connectivity index (χ0v) is 52.5. The van der Waals surface area contributed by atoms with E-state index in [0.29, 0.717) is 115 Å². The number of hydrogen-bond acceptors (Lipinski definition) is 8. The molecule has 0 fully saturated rings. The van der Waals surface area contributed by atoms with Gasteiger partial charge in [-0.05, 0) is 80.1 Å². The van der Waals surface area contributed by atoms with Gasteiger partial charge >= 0.3 is 0 Å². The van der Waals surface area contributed by atoms with Crippen LogP contribution in [0, 0.1) is 5.92 Å². The fourth-order valence-corrected chi connectivity index (χ4v) is 12.1. The first-order chi connectivity index (χ1) is 38.6. The van der Waals surface area contributed by atoms with Crippen LogP contribution >= 0.6 is 92.8 Å². The Morgan fingerprint density at radius 3 is 0.951 bits per heavy atom. The van der Waals surface area contributed by atoms with Crippen molar-refractivity contribution in [1.82, 2.24) is 38.2 Å². The summed E-state index contributed by atoms with van der Waals surface area (Å²) in [5.74, 6) is 0.329. The number of aromatic nitrogens is 8. The van der Waals surface area contributed by atoms with Gasteiger partial charge in [0.15, 0.2) is 0 Å². The van der Waals surface area contributed by atoms with Crippen LogP contribution in [0.1, 0.15) is 128 Å². The van der Waals surface area contributed by atoms with Crippen molar-refractivity contribution in [2.45, 2.75) is 154 Å². The van der Waals surface area contributed by atoms with Crippen LogP contribution in [-0.2, 0) is 48.6 Å². The first-order valence-electron chi connectivity index (χ1n) is 27.1. The topological polar surface area (TPSA) is 152 Å². The summed E-state index contributed by atoms with van der Waals surface area (Å²) in [4.78, 5) is 16.1. The summed E-state index contributed by atoms with van der Waals surface area (Å²) in [6.45, 7) is 12.1. The lowest BCUT2D eigenvalue weighted by atomic mass is 9.85. The van der Waals surface area contributed by atoms with Crippen LogP contribution in [0.5, 0.6) is 0 Å². The third-order valence-corrected chi connectivity index (χ3v) is 15.7. The third-order valence-electron chi connectivity index (χ3n) is 13.5. The molecule has 0 bridgehead atoms. The van der Waals surface area contributed by atoms with Gasteiger partial charge in [0.2, 0.25) is 0 Å². The highest BCUT2D eigenvalue weighted by atomic mass is 35.5. The highest BCUT2D eigenvalue weighted by Gasteiger charge is 2.35. The van der Waals surface area contributed by atoms with Gasteiger partial charge in [-0.2, -0.15) is 0 Å². The molecule has 0 spiro atoms. The van der Waals surface area contributed by atoms with E-state index in [-0.39, 0.29) is 0 Å². The molecule has 0 aliphatic rings. The van der Waals surface area contributed by atoms with E-state index in [1.54, 1.807) is 117 Å². The van der Waals surface area contributed by atoms with E-state index in [1.165, 1.54) is 12.8 Å². The summed E-state index contributed by atoms with van der Waals surface area (Å²) in [6, 6.07) is 20.9. The van der Waals surface area contributed by atoms with Crippen molar-refractivity contribution in [2.75, 3.05) is 0 Å². The predicted molar refractivity (Wildman–Crippen MR) is 333 cm³/mol. The molecule has 4 aromatic carbocycles. The molecule has 4 N–H and O–H groups in total. The van der Waals surface area contributed by atoms with Gasteiger partial charge in [0.1, 0.15) is 22.4 Å². The van der Waals surface area contributed by atoms with E-state index in [4.69, 9.17) is 92.8 Å². The van der Waals surface area contributed by atoms with Crippen molar-refractivity contribution < 1.29 is 20.4 Å². The molecular formula is C61H74Cl8N8O4. The van der Waals surface area contributed by atoms with Gasteiger partial charge in [-0.25, -0.2) is 19.9 Å². The molecule has 0 saturated carbocycles. The summed E-state index contributed by atoms with van der Waals surface area (Å²) >= 11 is 48.8. The van der Waals surface area contributed by atoms with Gasteiger partial charge in [0.25, 0.3) is 0 Å². The lowest BCUT2D eigenvalue weighted by molar-refractivity contribution is -0.00176. The Bertz CT molecular complexity index is 3080. The summed E-state index contributed by atoms with van der Waals surface area (Å²) < 4.78 is 7.44. The Balaban J connectivity index is 0.000000198. The minimum absolute atomic E-state index is 0.329. The van der Waals surface area contributed by atoms with Crippen LogP contribution in [0.15, 0.2) is 148 Å². The zero-order chi connectivity index (χ0) is 59.2. The Labute approximate surface area is 517 Å². The summed E-state index contributed by atoms with van der Waals surface area (Å²) in [7, 11) is 0. The highest BCUT2D eigenvalue weighted by molar-refractivity contribution is 6.36. The maximum Gasteiger partial charge on any atom is 0.109 e. The molecule has 4 unspecified atom stereocenters. The number of rotatable bonds is 24. The maximum atomic E-state index is 11.2. The first-order valence-corrected chi connectivity index (χ1v) is 30.1. The normalized spacial score (nSPS) is 14.2. The second kappa shape index (κ2) is 32.8. The number of unbranched alkanes of at least 4 members (excludes halogenated alkanes) is 4. The van der Waals surface area contributed by atoms with E-state index in [1.807, 2.05) is 56.0 Å². The maximum absolute atomic E-state index is 11.2. The lowest BCUT2D eigenvalue weighted by Gasteiger charge is -2.31. The zero-order valence-electron chi connectivity index (χ0n) is 46.4. The molecule has 0 radical (unpaired) electrons. The second-order valence-corrected chi connectivity index (χ2v) is 24.2. The summed E-state index contributed by atoms with van der Waals surface area (Å²) in [5, 5.41) is 48.6. The molecule has 4 aromatic heterocycles. The van der Waals surface area contributed by atoms with Crippen molar-refractivity contribution >= 4 is 92.8 Å². The smallest absolute Gasteiger partial charge is 0.109 e. The highest BCUT2D eigenvalue weighted by Crippen LogP contribution is 2.40. The lowest BCUT2D eigenvalue weighted by Crippen LogP contribution is -2.33. The number of halogens is 8. The Hall–Kier alpha value is -4.12. The van der Waals surface area contributed by atoms with E-state index < -0.39 is 22.4 Å². The Morgan fingerprint density at radius 1 is 0.383 bits per heavy atom. The van der Waals surface area contributed by atoms with Crippen molar-refractivity contribution in [1.29, 1.82) is 0 Å². The van der Waals surface area contributed by atoms with Crippen molar-refractivity contribution in [2.24, 2.45) is 5.92 Å². The van der Waals surface area contributed by atoms with Crippen LogP contribution in [0.2, 0.25) is 40.2 Å². The molecule has 4 heterocycles. The molecule has 438 valence electrons. The fraction of sp³-hybridized carbons (Fsp3) is 0.410. The number of benzene rings is 4. The summed E-state index contributed by atoms with van der Waals surface area (Å²) in [6.07, 6.45) is 30.6. The van der Waals surface area contributed by atoms with Gasteiger partial charge in [-0.1, -0.05) is 197 Å². The number of imidazole rings is 4. The van der Waals surface area contributed by atoms with Crippen molar-refractivity contribution in [3.8, 4) is 0 Å². The van der Waals surface area contributed by atoms with E-state index in [9.17, 15) is 20.4 Å². The molecule has 4 atom stereocenters. The van der Waals surface area contributed by atoms with Crippen LogP contribution in [-0.4, -0.2) is 58.6 Å². The number of aliphatic hydroxyl groups is 4. The van der Waals surface area contributed by atoms with Gasteiger partial charge in [-0.3, -0.25) is 0 Å². The van der Waals surface area contributed by atoms with Gasteiger partial charge in [0.05, 0.1) is 51.5 Å². The second-order valence-electron chi connectivity index (χ2n) is 20.8. The average Bonchev–Trinajstić information content (AvgIpc) is 4.35. The molecule has 8 rings (SSSR count). The molecule has 81 heavy (non-hydrogen) atoms. The Kier molecular flexibility index (Phi) is 27.4. The van der Waals surface area contributed by atoms with E-state index in [0.717, 1.165) is 37.7 Å². The van der Waals surface area contributed by atoms with E-state index in [2.05, 4.69) is 47.6 Å². The molecular weight excluding hydrogens is 1190 g/mol. The predicted octanol–water partition coefficient (Wildman–Crippen LogP) is 17.3.